The first-order valence-electron chi connectivity index (χ1n) is 8.57. The van der Waals surface area contributed by atoms with Crippen molar-refractivity contribution in [3.63, 3.8) is 0 Å². The number of hydrogen-bond donors (Lipinski definition) is 1. The summed E-state index contributed by atoms with van der Waals surface area (Å²) < 4.78 is 12.5. The van der Waals surface area contributed by atoms with Gasteiger partial charge in [0.2, 0.25) is 5.91 Å². The van der Waals surface area contributed by atoms with Crippen molar-refractivity contribution in [3.05, 3.63) is 51.6 Å². The Morgan fingerprint density at radius 1 is 1.30 bits per heavy atom. The molecule has 7 nitrogen and oxygen atoms in total. The number of nitrogens with zero attached hydrogens (tertiary/aromatic N) is 3. The molecule has 1 aromatic carbocycles. The number of aryl methyl sites for hydroxylation is 1. The molecule has 0 radical (unpaired) electrons. The van der Waals surface area contributed by atoms with Gasteiger partial charge in [0.25, 0.3) is 0 Å². The smallest absolute Gasteiger partial charge is 0.226 e. The van der Waals surface area contributed by atoms with Crippen molar-refractivity contribution in [2.75, 3.05) is 19.5 Å². The maximum Gasteiger partial charge on any atom is 0.226 e. The molecule has 0 bridgehead atoms. The molecule has 0 saturated carbocycles. The molecule has 0 spiro atoms. The van der Waals surface area contributed by atoms with Crippen molar-refractivity contribution >= 4 is 23.1 Å². The standard InChI is InChI=1S/C19H20N4O3S/c1-11-18-13(16-8-20-10-27-16)7-17(24)21-19(18)23(22-11)9-12-4-5-14(25-2)15(6-12)26-3/h4-6,8,10,13H,7,9H2,1-3H3,(H,21,24). The van der Waals surface area contributed by atoms with Gasteiger partial charge in [-0.15, -0.1) is 11.3 Å². The van der Waals surface area contributed by atoms with Crippen molar-refractivity contribution in [2.24, 2.45) is 0 Å². The van der Waals surface area contributed by atoms with E-state index < -0.39 is 0 Å². The van der Waals surface area contributed by atoms with Gasteiger partial charge in [0, 0.05) is 29.0 Å². The molecule has 0 saturated heterocycles. The number of fused-ring (bicyclic) bond motifs is 1. The molecule has 140 valence electrons. The van der Waals surface area contributed by atoms with Gasteiger partial charge in [0.05, 0.1) is 32.0 Å². The average molecular weight is 384 g/mol. The van der Waals surface area contributed by atoms with E-state index in [9.17, 15) is 4.79 Å². The second kappa shape index (κ2) is 7.03. The highest BCUT2D eigenvalue weighted by atomic mass is 32.1. The van der Waals surface area contributed by atoms with Gasteiger partial charge in [-0.05, 0) is 24.6 Å². The predicted octanol–water partition coefficient (Wildman–Crippen LogP) is 3.19. The average Bonchev–Trinajstić information content (AvgIpc) is 3.30. The molecule has 3 aromatic rings. The second-order valence-electron chi connectivity index (χ2n) is 6.40. The van der Waals surface area contributed by atoms with Gasteiger partial charge in [0.1, 0.15) is 5.82 Å². The zero-order chi connectivity index (χ0) is 19.0. The molecule has 3 heterocycles. The number of nitrogens with one attached hydrogen (secondary N) is 1. The number of anilines is 1. The van der Waals surface area contributed by atoms with E-state index >= 15 is 0 Å². The number of rotatable bonds is 5. The van der Waals surface area contributed by atoms with Gasteiger partial charge in [-0.3, -0.25) is 9.78 Å². The summed E-state index contributed by atoms with van der Waals surface area (Å²) in [6.07, 6.45) is 2.25. The molecule has 1 unspecified atom stereocenters. The van der Waals surface area contributed by atoms with Crippen molar-refractivity contribution in [1.29, 1.82) is 0 Å². The fraction of sp³-hybridized carbons (Fsp3) is 0.316. The molecule has 1 amide bonds. The minimum Gasteiger partial charge on any atom is -0.493 e. The first kappa shape index (κ1) is 17.5. The van der Waals surface area contributed by atoms with Crippen molar-refractivity contribution in [1.82, 2.24) is 14.8 Å². The van der Waals surface area contributed by atoms with E-state index in [0.717, 1.165) is 27.5 Å². The highest BCUT2D eigenvalue weighted by Gasteiger charge is 2.33. The number of aromatic nitrogens is 3. The molecule has 1 atom stereocenters. The molecular formula is C19H20N4O3S. The Kier molecular flexibility index (Phi) is 4.57. The molecule has 8 heteroatoms. The number of hydrogen-bond acceptors (Lipinski definition) is 6. The lowest BCUT2D eigenvalue weighted by molar-refractivity contribution is -0.116. The minimum atomic E-state index is -0.00522. The molecule has 2 aromatic heterocycles. The summed E-state index contributed by atoms with van der Waals surface area (Å²) >= 11 is 1.57. The van der Waals surface area contributed by atoms with Crippen LogP contribution in [0.4, 0.5) is 5.82 Å². The van der Waals surface area contributed by atoms with Crippen LogP contribution in [0.2, 0.25) is 0 Å². The van der Waals surface area contributed by atoms with Gasteiger partial charge in [-0.25, -0.2) is 4.68 Å². The Balaban J connectivity index is 1.72. The van der Waals surface area contributed by atoms with E-state index in [4.69, 9.17) is 14.6 Å². The SMILES string of the molecule is COc1ccc(Cn2nc(C)c3c2NC(=O)CC3c2cncs2)cc1OC. The van der Waals surface area contributed by atoms with Crippen molar-refractivity contribution in [3.8, 4) is 11.5 Å². The minimum absolute atomic E-state index is 0.000374. The van der Waals surface area contributed by atoms with Crippen LogP contribution < -0.4 is 14.8 Å². The molecular weight excluding hydrogens is 364 g/mol. The van der Waals surface area contributed by atoms with E-state index in [1.807, 2.05) is 36.0 Å². The van der Waals surface area contributed by atoms with Crippen LogP contribution in [-0.2, 0) is 11.3 Å². The number of carbonyl (C=O) groups is 1. The largest absolute Gasteiger partial charge is 0.493 e. The third-order valence-electron chi connectivity index (χ3n) is 4.74. The van der Waals surface area contributed by atoms with E-state index in [2.05, 4.69) is 10.3 Å². The number of benzene rings is 1. The van der Waals surface area contributed by atoms with Crippen LogP contribution in [0.1, 0.15) is 34.0 Å². The lowest BCUT2D eigenvalue weighted by Gasteiger charge is -2.23. The van der Waals surface area contributed by atoms with Crippen LogP contribution in [0.15, 0.2) is 29.9 Å². The maximum absolute atomic E-state index is 12.3. The Morgan fingerprint density at radius 2 is 2.11 bits per heavy atom. The monoisotopic (exact) mass is 384 g/mol. The Hall–Kier alpha value is -2.87. The number of carbonyl (C=O) groups excluding carboxylic acids is 1. The Morgan fingerprint density at radius 3 is 2.81 bits per heavy atom. The second-order valence-corrected chi connectivity index (χ2v) is 7.32. The first-order chi connectivity index (χ1) is 13.1. The fourth-order valence-corrected chi connectivity index (χ4v) is 4.25. The summed E-state index contributed by atoms with van der Waals surface area (Å²) in [6.45, 7) is 2.50. The lowest BCUT2D eigenvalue weighted by atomic mass is 9.91. The Labute approximate surface area is 161 Å². The van der Waals surface area contributed by atoms with Crippen LogP contribution in [0.5, 0.6) is 11.5 Å². The van der Waals surface area contributed by atoms with Gasteiger partial charge in [-0.1, -0.05) is 6.07 Å². The van der Waals surface area contributed by atoms with E-state index in [-0.39, 0.29) is 11.8 Å². The summed E-state index contributed by atoms with van der Waals surface area (Å²) in [5, 5.41) is 7.70. The number of amides is 1. The fourth-order valence-electron chi connectivity index (χ4n) is 3.52. The normalized spacial score (nSPS) is 16.0. The molecule has 1 aliphatic rings. The van der Waals surface area contributed by atoms with E-state index in [0.29, 0.717) is 24.5 Å². The van der Waals surface area contributed by atoms with Crippen LogP contribution >= 0.6 is 11.3 Å². The highest BCUT2D eigenvalue weighted by molar-refractivity contribution is 7.09. The highest BCUT2D eigenvalue weighted by Crippen LogP contribution is 2.40. The summed E-state index contributed by atoms with van der Waals surface area (Å²) in [5.41, 5.74) is 4.79. The quantitative estimate of drug-likeness (QED) is 0.731. The van der Waals surface area contributed by atoms with Crippen LogP contribution in [-0.4, -0.2) is 34.9 Å². The zero-order valence-electron chi connectivity index (χ0n) is 15.4. The number of thiazole rings is 1. The van der Waals surface area contributed by atoms with Gasteiger partial charge in [-0.2, -0.15) is 5.10 Å². The summed E-state index contributed by atoms with van der Waals surface area (Å²) in [4.78, 5) is 17.6. The van der Waals surface area contributed by atoms with E-state index in [1.54, 1.807) is 31.1 Å². The summed E-state index contributed by atoms with van der Waals surface area (Å²) in [6, 6.07) is 5.76. The number of ether oxygens (including phenoxy) is 2. The zero-order valence-corrected chi connectivity index (χ0v) is 16.2. The maximum atomic E-state index is 12.3. The molecule has 0 aliphatic carbocycles. The third-order valence-corrected chi connectivity index (χ3v) is 5.63. The van der Waals surface area contributed by atoms with Crippen molar-refractivity contribution < 1.29 is 14.3 Å². The van der Waals surface area contributed by atoms with Gasteiger partial charge < -0.3 is 14.8 Å². The van der Waals surface area contributed by atoms with Crippen LogP contribution in [0.3, 0.4) is 0 Å². The van der Waals surface area contributed by atoms with Gasteiger partial charge in [0.15, 0.2) is 11.5 Å². The van der Waals surface area contributed by atoms with Crippen LogP contribution in [0, 0.1) is 6.92 Å². The molecule has 27 heavy (non-hydrogen) atoms. The summed E-state index contributed by atoms with van der Waals surface area (Å²) in [5.74, 6) is 2.10. The molecule has 0 fully saturated rings. The molecule has 1 N–H and O–H groups in total. The van der Waals surface area contributed by atoms with Crippen molar-refractivity contribution in [2.45, 2.75) is 25.8 Å². The molecule has 1 aliphatic heterocycles. The lowest BCUT2D eigenvalue weighted by Crippen LogP contribution is -2.25. The topological polar surface area (TPSA) is 78.3 Å². The van der Waals surface area contributed by atoms with Gasteiger partial charge >= 0.3 is 0 Å². The summed E-state index contributed by atoms with van der Waals surface area (Å²) in [7, 11) is 3.22. The first-order valence-corrected chi connectivity index (χ1v) is 9.45. The van der Waals surface area contributed by atoms with Crippen LogP contribution in [0.25, 0.3) is 0 Å². The molecule has 4 rings (SSSR count). The predicted molar refractivity (Wildman–Crippen MR) is 103 cm³/mol. The Bertz CT molecular complexity index is 981. The third kappa shape index (κ3) is 3.16. The van der Waals surface area contributed by atoms with E-state index in [1.165, 1.54) is 0 Å². The number of methoxy groups -OCH3 is 2.